The van der Waals surface area contributed by atoms with Crippen LogP contribution in [-0.2, 0) is 9.47 Å². The van der Waals surface area contributed by atoms with Gasteiger partial charge in [-0.2, -0.15) is 5.10 Å². The maximum atomic E-state index is 6.17. The van der Waals surface area contributed by atoms with Crippen molar-refractivity contribution in [1.82, 2.24) is 24.7 Å². The molecule has 0 bridgehead atoms. The van der Waals surface area contributed by atoms with E-state index >= 15 is 0 Å². The van der Waals surface area contributed by atoms with Crippen molar-refractivity contribution in [3.05, 3.63) is 29.4 Å². The zero-order valence-electron chi connectivity index (χ0n) is 14.7. The van der Waals surface area contributed by atoms with Crippen LogP contribution in [0.25, 0.3) is 10.2 Å². The van der Waals surface area contributed by atoms with Crippen LogP contribution in [-0.4, -0.2) is 63.2 Å². The zero-order valence-corrected chi connectivity index (χ0v) is 15.5. The summed E-state index contributed by atoms with van der Waals surface area (Å²) >= 11 is 1.72. The first-order chi connectivity index (χ1) is 12.7. The minimum absolute atomic E-state index is 0.0357. The maximum absolute atomic E-state index is 6.17. The van der Waals surface area contributed by atoms with Gasteiger partial charge in [0.1, 0.15) is 47.9 Å². The molecule has 0 saturated carbocycles. The van der Waals surface area contributed by atoms with Gasteiger partial charge in [-0.15, -0.1) is 11.3 Å². The molecule has 2 saturated heterocycles. The molecular formula is C17H20N6O2S. The van der Waals surface area contributed by atoms with Gasteiger partial charge in [0.2, 0.25) is 0 Å². The summed E-state index contributed by atoms with van der Waals surface area (Å²) in [4.78, 5) is 17.6. The second kappa shape index (κ2) is 6.26. The van der Waals surface area contributed by atoms with E-state index in [4.69, 9.17) is 9.47 Å². The van der Waals surface area contributed by atoms with E-state index in [0.29, 0.717) is 13.2 Å². The Morgan fingerprint density at radius 2 is 1.85 bits per heavy atom. The highest BCUT2D eigenvalue weighted by atomic mass is 32.1. The Kier molecular flexibility index (Phi) is 3.87. The molecule has 2 fully saturated rings. The van der Waals surface area contributed by atoms with Crippen LogP contribution < -0.4 is 4.90 Å². The maximum Gasteiger partial charge on any atom is 0.141 e. The lowest BCUT2D eigenvalue weighted by atomic mass is 10.2. The number of anilines is 1. The highest BCUT2D eigenvalue weighted by Crippen LogP contribution is 2.36. The molecule has 2 atom stereocenters. The van der Waals surface area contributed by atoms with Gasteiger partial charge in [-0.25, -0.2) is 19.6 Å². The number of hydrogen-bond donors (Lipinski definition) is 0. The van der Waals surface area contributed by atoms with Gasteiger partial charge in [0.05, 0.1) is 18.6 Å². The monoisotopic (exact) mass is 372 g/mol. The van der Waals surface area contributed by atoms with Crippen LogP contribution in [0.1, 0.15) is 16.5 Å². The molecule has 0 unspecified atom stereocenters. The molecule has 0 aliphatic carbocycles. The molecule has 3 aromatic rings. The smallest absolute Gasteiger partial charge is 0.141 e. The molecule has 2 aliphatic rings. The van der Waals surface area contributed by atoms with Gasteiger partial charge in [0.25, 0.3) is 0 Å². The summed E-state index contributed by atoms with van der Waals surface area (Å²) < 4.78 is 14.1. The fourth-order valence-corrected chi connectivity index (χ4v) is 4.71. The number of hydrogen-bond acceptors (Lipinski definition) is 8. The molecule has 0 aromatic carbocycles. The van der Waals surface area contributed by atoms with Crippen molar-refractivity contribution in [2.75, 3.05) is 31.2 Å². The van der Waals surface area contributed by atoms with E-state index in [9.17, 15) is 0 Å². The second-order valence-corrected chi connectivity index (χ2v) is 8.04. The molecule has 0 amide bonds. The first kappa shape index (κ1) is 16.1. The molecule has 136 valence electrons. The Balaban J connectivity index is 1.38. The third-order valence-corrected chi connectivity index (χ3v) is 6.39. The zero-order chi connectivity index (χ0) is 17.7. The van der Waals surface area contributed by atoms with Crippen LogP contribution in [0, 0.1) is 13.8 Å². The standard InChI is InChI=1S/C17H20N6O2S/c1-10-11(2)26-17-15(10)16(19-8-20-17)22-3-13-14(4-22)25-6-12(5-24-13)23-9-18-7-21-23/h7-9,12-14H,3-6H2,1-2H3/t13-,14-/m0/s1. The predicted octanol–water partition coefficient (Wildman–Crippen LogP) is 1.74. The van der Waals surface area contributed by atoms with Crippen LogP contribution in [0.3, 0.4) is 0 Å². The summed E-state index contributed by atoms with van der Waals surface area (Å²) in [6.45, 7) is 6.98. The molecule has 0 spiro atoms. The van der Waals surface area contributed by atoms with Crippen molar-refractivity contribution in [2.45, 2.75) is 32.1 Å². The van der Waals surface area contributed by atoms with Gasteiger partial charge < -0.3 is 14.4 Å². The fourth-order valence-electron chi connectivity index (χ4n) is 3.72. The van der Waals surface area contributed by atoms with Gasteiger partial charge in [-0.05, 0) is 19.4 Å². The van der Waals surface area contributed by atoms with Gasteiger partial charge in [-0.3, -0.25) is 0 Å². The van der Waals surface area contributed by atoms with Crippen molar-refractivity contribution in [3.8, 4) is 0 Å². The lowest BCUT2D eigenvalue weighted by molar-refractivity contribution is -0.00461. The van der Waals surface area contributed by atoms with E-state index < -0.39 is 0 Å². The molecule has 2 aliphatic heterocycles. The Morgan fingerprint density at radius 3 is 2.54 bits per heavy atom. The van der Waals surface area contributed by atoms with E-state index in [1.54, 1.807) is 30.3 Å². The minimum Gasteiger partial charge on any atom is -0.371 e. The average molecular weight is 372 g/mol. The van der Waals surface area contributed by atoms with E-state index in [0.717, 1.165) is 29.1 Å². The first-order valence-corrected chi connectivity index (χ1v) is 9.55. The number of ether oxygens (including phenoxy) is 2. The molecule has 8 nitrogen and oxygen atoms in total. The van der Waals surface area contributed by atoms with Gasteiger partial charge >= 0.3 is 0 Å². The normalized spacial score (nSPS) is 24.2. The summed E-state index contributed by atoms with van der Waals surface area (Å²) in [5, 5.41) is 5.36. The van der Waals surface area contributed by atoms with Crippen molar-refractivity contribution in [3.63, 3.8) is 0 Å². The number of fused-ring (bicyclic) bond motifs is 2. The topological polar surface area (TPSA) is 78.2 Å². The third-order valence-electron chi connectivity index (χ3n) is 5.28. The molecule has 0 N–H and O–H groups in total. The lowest BCUT2D eigenvalue weighted by Gasteiger charge is -2.20. The van der Waals surface area contributed by atoms with Crippen LogP contribution >= 0.6 is 11.3 Å². The summed E-state index contributed by atoms with van der Waals surface area (Å²) in [6, 6.07) is 0.0732. The van der Waals surface area contributed by atoms with Crippen molar-refractivity contribution >= 4 is 27.4 Å². The number of nitrogens with zero attached hydrogens (tertiary/aromatic N) is 6. The summed E-state index contributed by atoms with van der Waals surface area (Å²) in [5.74, 6) is 0.991. The molecule has 26 heavy (non-hydrogen) atoms. The van der Waals surface area contributed by atoms with Crippen LogP contribution in [0.15, 0.2) is 19.0 Å². The van der Waals surface area contributed by atoms with Crippen LogP contribution in [0.4, 0.5) is 5.82 Å². The van der Waals surface area contributed by atoms with Gasteiger partial charge in [0.15, 0.2) is 0 Å². The Hall–Kier alpha value is -2.10. The molecule has 0 radical (unpaired) electrons. The predicted molar refractivity (Wildman–Crippen MR) is 97.6 cm³/mol. The van der Waals surface area contributed by atoms with Crippen molar-refractivity contribution < 1.29 is 9.47 Å². The molecule has 9 heteroatoms. The molecule has 5 heterocycles. The second-order valence-electron chi connectivity index (χ2n) is 6.84. The number of rotatable bonds is 2. The van der Waals surface area contributed by atoms with Crippen molar-refractivity contribution in [2.24, 2.45) is 0 Å². The summed E-state index contributed by atoms with van der Waals surface area (Å²) in [6.07, 6.45) is 4.98. The van der Waals surface area contributed by atoms with Crippen molar-refractivity contribution in [1.29, 1.82) is 0 Å². The van der Waals surface area contributed by atoms with E-state index in [1.807, 2.05) is 4.68 Å². The number of aryl methyl sites for hydroxylation is 2. The van der Waals surface area contributed by atoms with E-state index in [1.165, 1.54) is 10.4 Å². The van der Waals surface area contributed by atoms with E-state index in [-0.39, 0.29) is 18.2 Å². The Morgan fingerprint density at radius 1 is 1.08 bits per heavy atom. The minimum atomic E-state index is 0.0357. The number of thiophene rings is 1. The average Bonchev–Trinajstić information content (AvgIpc) is 3.34. The van der Waals surface area contributed by atoms with Crippen LogP contribution in [0.5, 0.6) is 0 Å². The fraction of sp³-hybridized carbons (Fsp3) is 0.529. The van der Waals surface area contributed by atoms with Gasteiger partial charge in [-0.1, -0.05) is 0 Å². The lowest BCUT2D eigenvalue weighted by Crippen LogP contribution is -2.27. The largest absolute Gasteiger partial charge is 0.371 e. The van der Waals surface area contributed by atoms with Crippen LogP contribution in [0.2, 0.25) is 0 Å². The SMILES string of the molecule is Cc1sc2ncnc(N3C[C@@H]4OCC(n5cncn5)CO[C@H]4C3)c2c1C. The first-order valence-electron chi connectivity index (χ1n) is 8.73. The molecule has 5 rings (SSSR count). The molecule has 3 aromatic heterocycles. The van der Waals surface area contributed by atoms with E-state index in [2.05, 4.69) is 38.8 Å². The highest BCUT2D eigenvalue weighted by Gasteiger charge is 2.39. The summed E-state index contributed by atoms with van der Waals surface area (Å²) in [7, 11) is 0. The highest BCUT2D eigenvalue weighted by molar-refractivity contribution is 7.18. The Bertz CT molecular complexity index is 911. The van der Waals surface area contributed by atoms with Gasteiger partial charge in [0, 0.05) is 18.0 Å². The number of aromatic nitrogens is 5. The summed E-state index contributed by atoms with van der Waals surface area (Å²) in [5.41, 5.74) is 1.26. The molecular weight excluding hydrogens is 352 g/mol. The quantitative estimate of drug-likeness (QED) is 0.678. The Labute approximate surface area is 154 Å². The third kappa shape index (κ3) is 2.58.